The van der Waals surface area contributed by atoms with E-state index in [4.69, 9.17) is 56.8 Å². The number of ether oxygens (including phenoxy) is 5. The van der Waals surface area contributed by atoms with Crippen molar-refractivity contribution in [3.63, 3.8) is 0 Å². The summed E-state index contributed by atoms with van der Waals surface area (Å²) in [4.78, 5) is 12.3. The van der Waals surface area contributed by atoms with Crippen molar-refractivity contribution >= 4 is 5.91 Å². The molecular weight excluding hydrogens is 628 g/mol. The number of nitrogens with one attached hydrogen (secondary N) is 1. The van der Waals surface area contributed by atoms with Gasteiger partial charge >= 0.3 is 0 Å². The summed E-state index contributed by atoms with van der Waals surface area (Å²) in [5.41, 5.74) is 27.2. The first-order valence-electron chi connectivity index (χ1n) is 16.1. The summed E-state index contributed by atoms with van der Waals surface area (Å²) in [6, 6.07) is -0.957. The predicted molar refractivity (Wildman–Crippen MR) is 165 cm³/mol. The number of rotatable bonds is 11. The van der Waals surface area contributed by atoms with Crippen LogP contribution in [0.1, 0.15) is 44.9 Å². The molecule has 3 heterocycles. The lowest BCUT2D eigenvalue weighted by molar-refractivity contribution is -0.288. The Hall–Kier alpha value is -1.21. The van der Waals surface area contributed by atoms with E-state index in [2.05, 4.69) is 11.1 Å². The molecule has 0 aromatic carbocycles. The molecule has 19 heteroatoms. The van der Waals surface area contributed by atoms with Crippen molar-refractivity contribution in [3.05, 3.63) is 0 Å². The third-order valence-corrected chi connectivity index (χ3v) is 8.41. The topological polar surface area (TPSA) is 347 Å². The fourth-order valence-corrected chi connectivity index (χ4v) is 5.88. The Kier molecular flexibility index (Phi) is 18.8. The van der Waals surface area contributed by atoms with E-state index in [0.717, 1.165) is 0 Å². The number of amides is 1. The van der Waals surface area contributed by atoms with E-state index in [1.165, 1.54) is 7.05 Å². The highest BCUT2D eigenvalue weighted by Crippen LogP contribution is 2.32. The van der Waals surface area contributed by atoms with E-state index in [-0.39, 0.29) is 57.6 Å². The molecule has 1 saturated carbocycles. The zero-order valence-electron chi connectivity index (χ0n) is 26.9. The Morgan fingerprint density at radius 1 is 0.851 bits per heavy atom. The van der Waals surface area contributed by atoms with Crippen LogP contribution in [-0.4, -0.2) is 167 Å². The number of aliphatic hydroxyl groups is 7. The van der Waals surface area contributed by atoms with Gasteiger partial charge in [-0.1, -0.05) is 0 Å². The second-order valence-electron chi connectivity index (χ2n) is 11.9. The van der Waals surface area contributed by atoms with E-state index in [1.807, 2.05) is 0 Å². The lowest BCUT2D eigenvalue weighted by Gasteiger charge is -2.44. The van der Waals surface area contributed by atoms with Crippen molar-refractivity contribution in [1.29, 1.82) is 0 Å². The molecule has 8 unspecified atom stereocenters. The summed E-state index contributed by atoms with van der Waals surface area (Å²) in [7, 11) is 1.50. The smallest absolute Gasteiger partial charge is 0.249 e. The van der Waals surface area contributed by atoms with E-state index < -0.39 is 85.8 Å². The molecule has 3 saturated heterocycles. The van der Waals surface area contributed by atoms with E-state index in [1.54, 1.807) is 0 Å². The third-order valence-electron chi connectivity index (χ3n) is 8.41. The monoisotopic (exact) mass is 686 g/mol. The molecule has 1 amide bonds. The van der Waals surface area contributed by atoms with Crippen LogP contribution in [0.4, 0.5) is 0 Å². The summed E-state index contributed by atoms with van der Waals surface area (Å²) < 4.78 is 28.6. The lowest BCUT2D eigenvalue weighted by atomic mass is 9.86. The average Bonchev–Trinajstić information content (AvgIpc) is 3.51. The van der Waals surface area contributed by atoms with Gasteiger partial charge in [-0.05, 0) is 39.3 Å². The molecule has 3 aliphatic heterocycles. The van der Waals surface area contributed by atoms with Gasteiger partial charge in [-0.2, -0.15) is 0 Å². The third kappa shape index (κ3) is 12.6. The first-order chi connectivity index (χ1) is 22.4. The molecule has 4 aliphatic rings. The molecule has 18 N–H and O–H groups in total. The van der Waals surface area contributed by atoms with Crippen molar-refractivity contribution in [2.45, 2.75) is 137 Å². The van der Waals surface area contributed by atoms with Gasteiger partial charge in [-0.25, -0.2) is 0 Å². The van der Waals surface area contributed by atoms with Crippen LogP contribution in [-0.2, 0) is 28.5 Å². The number of carbonyl (C=O) groups is 1. The quantitative estimate of drug-likeness (QED) is 0.0961. The highest BCUT2D eigenvalue weighted by molar-refractivity contribution is 5.80. The summed E-state index contributed by atoms with van der Waals surface area (Å²) in [5, 5.41) is 69.6. The molecule has 4 fully saturated rings. The Balaban J connectivity index is 0.000000496. The van der Waals surface area contributed by atoms with Crippen molar-refractivity contribution < 1.29 is 64.2 Å². The van der Waals surface area contributed by atoms with Gasteiger partial charge in [0.25, 0.3) is 0 Å². The van der Waals surface area contributed by atoms with Crippen LogP contribution in [0.3, 0.4) is 0 Å². The zero-order chi connectivity index (χ0) is 35.3. The van der Waals surface area contributed by atoms with Gasteiger partial charge in [0, 0.05) is 44.4 Å². The molecule has 0 bridgehead atoms. The molecular formula is C28H58N6O13. The molecule has 0 radical (unpaired) electrons. The summed E-state index contributed by atoms with van der Waals surface area (Å²) in [5.74, 6) is -0.531. The first-order valence-corrected chi connectivity index (χ1v) is 16.1. The van der Waals surface area contributed by atoms with E-state index in [0.29, 0.717) is 25.7 Å². The maximum Gasteiger partial charge on any atom is 0.249 e. The van der Waals surface area contributed by atoms with Crippen LogP contribution in [0.15, 0.2) is 0 Å². The number of nitrogens with two attached hydrogens (primary N) is 5. The Labute approximate surface area is 274 Å². The maximum atomic E-state index is 12.3. The molecule has 1 aliphatic carbocycles. The molecule has 4 rings (SSSR count). The number of hydrogen-bond donors (Lipinski definition) is 13. The van der Waals surface area contributed by atoms with Crippen molar-refractivity contribution in [1.82, 2.24) is 5.32 Å². The summed E-state index contributed by atoms with van der Waals surface area (Å²) >= 11 is 0. The lowest BCUT2D eigenvalue weighted by Crippen LogP contribution is -2.60. The highest BCUT2D eigenvalue weighted by atomic mass is 16.7. The molecule has 19 nitrogen and oxygen atoms in total. The van der Waals surface area contributed by atoms with Gasteiger partial charge in [0.1, 0.15) is 36.6 Å². The number of aliphatic hydroxyl groups excluding tert-OH is 7. The molecule has 0 spiro atoms. The van der Waals surface area contributed by atoms with Gasteiger partial charge in [0.05, 0.1) is 31.0 Å². The first kappa shape index (κ1) is 42.0. The molecule has 0 aromatic rings. The fourth-order valence-electron chi connectivity index (χ4n) is 5.88. The minimum absolute atomic E-state index is 0.00638. The standard InChI is InChI=1S/C21H40N4O9.C6H13NO4.CH5N/c22-4-3-13(27)21(30)25-10-5-12(24)20(15(6-10)32-17-2-1-11(9-26)31-17)34-18-7-14(28)19(29)16(8-23)33-18;7-2-4-6(10)3(8)1-5(9)11-4;1-2/h10-20,26-29H,1-9,22-24H2,(H,25,30);3-6,8-10H,1-2,7H2;2H2,1H3/t10?,11?,12?,13?,14-,15?,16?,17?,18+,19-,20+;3?,4-,5-,6-;/m00./s1. The Bertz CT molecular complexity index is 887. The minimum atomic E-state index is -1.21. The highest BCUT2D eigenvalue weighted by Gasteiger charge is 2.45. The van der Waals surface area contributed by atoms with Crippen molar-refractivity contribution in [2.24, 2.45) is 28.7 Å². The Morgan fingerprint density at radius 3 is 2.04 bits per heavy atom. The summed E-state index contributed by atoms with van der Waals surface area (Å²) in [6.07, 6.45) is -8.65. The van der Waals surface area contributed by atoms with E-state index >= 15 is 0 Å². The van der Waals surface area contributed by atoms with Crippen LogP contribution in [0.25, 0.3) is 0 Å². The van der Waals surface area contributed by atoms with Gasteiger partial charge in [-0.3, -0.25) is 4.79 Å². The maximum absolute atomic E-state index is 12.3. The van der Waals surface area contributed by atoms with Gasteiger partial charge in [-0.15, -0.1) is 0 Å². The average molecular weight is 687 g/mol. The minimum Gasteiger partial charge on any atom is -0.394 e. The van der Waals surface area contributed by atoms with Gasteiger partial charge in [0.2, 0.25) is 5.91 Å². The number of carbonyl (C=O) groups excluding carboxylic acids is 1. The SMILES string of the molecule is CN.NCCC(O)C(=O)NC1CC(N)[C@@H](O[C@@H]2C[C@H](O)[C@H](O)C(CN)O2)C(OC2CCC(CO)O2)C1.NC[C@@H]1O[C@H](O)CC(O)[C@@H]1O. The van der Waals surface area contributed by atoms with Crippen LogP contribution in [0.5, 0.6) is 0 Å². The largest absolute Gasteiger partial charge is 0.394 e. The van der Waals surface area contributed by atoms with Crippen molar-refractivity contribution in [2.75, 3.05) is 33.3 Å². The second-order valence-corrected chi connectivity index (χ2v) is 11.9. The molecule has 0 aromatic heterocycles. The van der Waals surface area contributed by atoms with Crippen LogP contribution in [0, 0.1) is 0 Å². The molecule has 47 heavy (non-hydrogen) atoms. The van der Waals surface area contributed by atoms with Gasteiger partial charge in [0.15, 0.2) is 18.9 Å². The number of hydrogen-bond acceptors (Lipinski definition) is 18. The Morgan fingerprint density at radius 2 is 1.47 bits per heavy atom. The van der Waals surface area contributed by atoms with Crippen LogP contribution < -0.4 is 34.0 Å². The molecule has 278 valence electrons. The second kappa shape index (κ2) is 21.1. The van der Waals surface area contributed by atoms with E-state index in [9.17, 15) is 30.3 Å². The van der Waals surface area contributed by atoms with Gasteiger partial charge < -0.3 is 93.4 Å². The van der Waals surface area contributed by atoms with Crippen molar-refractivity contribution in [3.8, 4) is 0 Å². The summed E-state index contributed by atoms with van der Waals surface area (Å²) in [6.45, 7) is 0.164. The fraction of sp³-hybridized carbons (Fsp3) is 0.964. The predicted octanol–water partition coefficient (Wildman–Crippen LogP) is -6.29. The van der Waals surface area contributed by atoms with Crippen LogP contribution in [0.2, 0.25) is 0 Å². The zero-order valence-corrected chi connectivity index (χ0v) is 26.9. The molecule has 15 atom stereocenters. The van der Waals surface area contributed by atoms with Crippen LogP contribution >= 0.6 is 0 Å². The normalized spacial score (nSPS) is 41.1.